The third kappa shape index (κ3) is 3.04. The lowest BCUT2D eigenvalue weighted by atomic mass is 10.0. The number of hydrogen-bond acceptors (Lipinski definition) is 5. The van der Waals surface area contributed by atoms with Crippen LogP contribution in [0.5, 0.6) is 0 Å². The quantitative estimate of drug-likeness (QED) is 0.842. The van der Waals surface area contributed by atoms with Gasteiger partial charge in [-0.05, 0) is 24.6 Å². The highest BCUT2D eigenvalue weighted by atomic mass is 19.4. The van der Waals surface area contributed by atoms with Crippen LogP contribution in [-0.2, 0) is 12.6 Å². The fourth-order valence-electron chi connectivity index (χ4n) is 3.75. The molecular weight excluding hydrogens is 377 g/mol. The number of amides is 1. The zero-order valence-electron chi connectivity index (χ0n) is 14.5. The van der Waals surface area contributed by atoms with Gasteiger partial charge in [0.05, 0.1) is 17.2 Å². The highest BCUT2D eigenvalue weighted by Gasteiger charge is 2.40. The molecule has 10 heteroatoms. The van der Waals surface area contributed by atoms with Crippen molar-refractivity contribution in [3.63, 3.8) is 0 Å². The number of nitrogens with zero attached hydrogens (tertiary/aromatic N) is 4. The summed E-state index contributed by atoms with van der Waals surface area (Å²) in [5.41, 5.74) is -0.769. The zero-order valence-corrected chi connectivity index (χ0v) is 14.5. The molecule has 28 heavy (non-hydrogen) atoms. The van der Waals surface area contributed by atoms with Crippen molar-refractivity contribution in [2.24, 2.45) is 0 Å². The number of carboxylic acids is 1. The molecule has 146 valence electrons. The molecule has 4 rings (SSSR count). The Morgan fingerprint density at radius 1 is 1.14 bits per heavy atom. The predicted molar refractivity (Wildman–Crippen MR) is 91.2 cm³/mol. The third-order valence-electron chi connectivity index (χ3n) is 5.03. The maximum Gasteiger partial charge on any atom is 0.417 e. The van der Waals surface area contributed by atoms with Crippen molar-refractivity contribution in [1.82, 2.24) is 15.1 Å². The number of aromatic carboxylic acids is 1. The van der Waals surface area contributed by atoms with Crippen LogP contribution in [0.2, 0.25) is 0 Å². The fourth-order valence-corrected chi connectivity index (χ4v) is 3.75. The number of benzene rings is 1. The van der Waals surface area contributed by atoms with Gasteiger partial charge >= 0.3 is 12.1 Å². The minimum Gasteiger partial charge on any atom is -0.476 e. The van der Waals surface area contributed by atoms with Crippen molar-refractivity contribution >= 4 is 17.7 Å². The van der Waals surface area contributed by atoms with Crippen molar-refractivity contribution in [3.05, 3.63) is 52.7 Å². The SMILES string of the molecule is O=C(O)c1cc2c(nn1)N1CCN(C(=O)c3ccccc3C(F)(F)F)CC1C2. The molecule has 1 aromatic carbocycles. The van der Waals surface area contributed by atoms with Crippen molar-refractivity contribution < 1.29 is 27.9 Å². The zero-order chi connectivity index (χ0) is 20.1. The molecule has 2 aliphatic rings. The van der Waals surface area contributed by atoms with E-state index < -0.39 is 23.6 Å². The van der Waals surface area contributed by atoms with E-state index in [-0.39, 0.29) is 30.4 Å². The molecule has 1 N–H and O–H groups in total. The molecule has 1 fully saturated rings. The van der Waals surface area contributed by atoms with Crippen molar-refractivity contribution in [2.75, 3.05) is 24.5 Å². The molecule has 0 bridgehead atoms. The Bertz CT molecular complexity index is 963. The molecule has 7 nitrogen and oxygen atoms in total. The van der Waals surface area contributed by atoms with Crippen molar-refractivity contribution in [1.29, 1.82) is 0 Å². The monoisotopic (exact) mass is 392 g/mol. The normalized spacial score (nSPS) is 18.6. The van der Waals surface area contributed by atoms with Gasteiger partial charge in [0.2, 0.25) is 0 Å². The first-order valence-electron chi connectivity index (χ1n) is 8.57. The molecule has 0 aliphatic carbocycles. The largest absolute Gasteiger partial charge is 0.476 e. The summed E-state index contributed by atoms with van der Waals surface area (Å²) in [6.45, 7) is 0.853. The van der Waals surface area contributed by atoms with Crippen LogP contribution in [0.1, 0.15) is 32.0 Å². The second-order valence-corrected chi connectivity index (χ2v) is 6.73. The van der Waals surface area contributed by atoms with Crippen molar-refractivity contribution in [2.45, 2.75) is 18.6 Å². The van der Waals surface area contributed by atoms with Crippen LogP contribution >= 0.6 is 0 Å². The fraction of sp³-hybridized carbons (Fsp3) is 0.333. The van der Waals surface area contributed by atoms with Gasteiger partial charge in [0.15, 0.2) is 11.5 Å². The van der Waals surface area contributed by atoms with Gasteiger partial charge in [0.25, 0.3) is 5.91 Å². The Balaban J connectivity index is 1.56. The van der Waals surface area contributed by atoms with Gasteiger partial charge < -0.3 is 14.9 Å². The molecule has 0 spiro atoms. The molecule has 2 aromatic rings. The Kier molecular flexibility index (Phi) is 4.20. The molecule has 0 saturated carbocycles. The maximum absolute atomic E-state index is 13.2. The van der Waals surface area contributed by atoms with Gasteiger partial charge in [-0.3, -0.25) is 4.79 Å². The lowest BCUT2D eigenvalue weighted by molar-refractivity contribution is -0.138. The minimum absolute atomic E-state index is 0.161. The van der Waals surface area contributed by atoms with E-state index in [1.165, 1.54) is 29.2 Å². The number of carbonyl (C=O) groups is 2. The minimum atomic E-state index is -4.61. The molecule has 2 aliphatic heterocycles. The van der Waals surface area contributed by atoms with Gasteiger partial charge in [0, 0.05) is 25.2 Å². The van der Waals surface area contributed by atoms with E-state index in [1.54, 1.807) is 0 Å². The first-order chi connectivity index (χ1) is 13.3. The van der Waals surface area contributed by atoms with Crippen LogP contribution < -0.4 is 4.90 Å². The lowest BCUT2D eigenvalue weighted by Gasteiger charge is -2.38. The smallest absolute Gasteiger partial charge is 0.417 e. The van der Waals surface area contributed by atoms with E-state index in [1.807, 2.05) is 4.90 Å². The standard InChI is InChI=1S/C18H15F3N4O3/c19-18(20,21)13-4-2-1-3-12(13)16(26)24-5-6-25-11(9-24)7-10-8-14(17(27)28)22-23-15(10)25/h1-4,8,11H,5-7,9H2,(H,27,28). The van der Waals surface area contributed by atoms with Crippen LogP contribution in [0.25, 0.3) is 0 Å². The predicted octanol–water partition coefficient (Wildman–Crippen LogP) is 2.08. The number of halogens is 3. The Hall–Kier alpha value is -3.17. The summed E-state index contributed by atoms with van der Waals surface area (Å²) in [5.74, 6) is -1.28. The molecule has 1 atom stereocenters. The molecule has 1 amide bonds. The Labute approximate surface area is 157 Å². The summed E-state index contributed by atoms with van der Waals surface area (Å²) in [4.78, 5) is 27.2. The molecule has 3 heterocycles. The summed E-state index contributed by atoms with van der Waals surface area (Å²) in [6, 6.07) is 6.03. The van der Waals surface area contributed by atoms with Crippen LogP contribution in [0.4, 0.5) is 19.0 Å². The second-order valence-electron chi connectivity index (χ2n) is 6.73. The number of hydrogen-bond donors (Lipinski definition) is 1. The highest BCUT2D eigenvalue weighted by molar-refractivity contribution is 5.96. The van der Waals surface area contributed by atoms with Crippen LogP contribution in [0.15, 0.2) is 30.3 Å². The van der Waals surface area contributed by atoms with Crippen molar-refractivity contribution in [3.8, 4) is 0 Å². The van der Waals surface area contributed by atoms with E-state index in [2.05, 4.69) is 10.2 Å². The molecule has 1 saturated heterocycles. The van der Waals surface area contributed by atoms with E-state index in [0.29, 0.717) is 24.3 Å². The van der Waals surface area contributed by atoms with E-state index in [4.69, 9.17) is 5.11 Å². The molecule has 0 radical (unpaired) electrons. The summed E-state index contributed by atoms with van der Waals surface area (Å²) < 4.78 is 39.7. The third-order valence-corrected chi connectivity index (χ3v) is 5.03. The second kappa shape index (κ2) is 6.47. The average molecular weight is 392 g/mol. The van der Waals surface area contributed by atoms with Gasteiger partial charge in [-0.2, -0.15) is 13.2 Å². The topological polar surface area (TPSA) is 86.6 Å². The number of carbonyl (C=O) groups excluding carboxylic acids is 1. The van der Waals surface area contributed by atoms with Crippen LogP contribution in [-0.4, -0.2) is 57.8 Å². The molecule has 1 unspecified atom stereocenters. The average Bonchev–Trinajstić information content (AvgIpc) is 3.03. The van der Waals surface area contributed by atoms with Crippen LogP contribution in [0.3, 0.4) is 0 Å². The molecule has 1 aromatic heterocycles. The van der Waals surface area contributed by atoms with Crippen LogP contribution in [0, 0.1) is 0 Å². The maximum atomic E-state index is 13.2. The number of carboxylic acid groups (broad SMARTS) is 1. The Morgan fingerprint density at radius 3 is 2.61 bits per heavy atom. The number of rotatable bonds is 2. The summed E-state index contributed by atoms with van der Waals surface area (Å²) >= 11 is 0. The summed E-state index contributed by atoms with van der Waals surface area (Å²) in [5, 5.41) is 16.7. The number of fused-ring (bicyclic) bond motifs is 3. The summed E-state index contributed by atoms with van der Waals surface area (Å²) in [6.07, 6.45) is -4.16. The first kappa shape index (κ1) is 18.2. The number of alkyl halides is 3. The summed E-state index contributed by atoms with van der Waals surface area (Å²) in [7, 11) is 0. The molecular formula is C18H15F3N4O3. The van der Waals surface area contributed by atoms with E-state index in [9.17, 15) is 22.8 Å². The number of anilines is 1. The van der Waals surface area contributed by atoms with Gasteiger partial charge in [-0.15, -0.1) is 10.2 Å². The van der Waals surface area contributed by atoms with Gasteiger partial charge in [0.1, 0.15) is 0 Å². The van der Waals surface area contributed by atoms with Gasteiger partial charge in [-0.25, -0.2) is 4.79 Å². The lowest BCUT2D eigenvalue weighted by Crippen LogP contribution is -2.54. The number of piperazine rings is 1. The van der Waals surface area contributed by atoms with Gasteiger partial charge in [-0.1, -0.05) is 12.1 Å². The van der Waals surface area contributed by atoms with E-state index >= 15 is 0 Å². The highest BCUT2D eigenvalue weighted by Crippen LogP contribution is 2.35. The van der Waals surface area contributed by atoms with E-state index in [0.717, 1.165) is 6.07 Å². The Morgan fingerprint density at radius 2 is 1.89 bits per heavy atom. The first-order valence-corrected chi connectivity index (χ1v) is 8.57. The number of aromatic nitrogens is 2.